The highest BCUT2D eigenvalue weighted by Crippen LogP contribution is 2.33. The first kappa shape index (κ1) is 16.0. The minimum Gasteiger partial charge on any atom is -0.390 e. The highest BCUT2D eigenvalue weighted by molar-refractivity contribution is 4.83. The van der Waals surface area contributed by atoms with Gasteiger partial charge < -0.3 is 5.11 Å². The molecular formula is C15H32O. The molecule has 1 nitrogen and oxygen atoms in total. The fraction of sp³-hybridized carbons (Fsp3) is 1.00. The van der Waals surface area contributed by atoms with Crippen LogP contribution in [0.3, 0.4) is 0 Å². The van der Waals surface area contributed by atoms with Crippen LogP contribution in [-0.4, -0.2) is 10.7 Å². The van der Waals surface area contributed by atoms with Gasteiger partial charge in [-0.3, -0.25) is 0 Å². The van der Waals surface area contributed by atoms with Gasteiger partial charge in [0.1, 0.15) is 0 Å². The molecule has 0 spiro atoms. The minimum absolute atomic E-state index is 0.432. The molecule has 0 amide bonds. The van der Waals surface area contributed by atoms with Crippen LogP contribution in [0, 0.1) is 17.8 Å². The van der Waals surface area contributed by atoms with Crippen LogP contribution in [0.5, 0.6) is 0 Å². The number of aliphatic hydroxyl groups is 1. The maximum absolute atomic E-state index is 10.8. The quantitative estimate of drug-likeness (QED) is 0.642. The van der Waals surface area contributed by atoms with Crippen molar-refractivity contribution in [2.45, 2.75) is 79.2 Å². The first-order valence-electron chi connectivity index (χ1n) is 7.05. The highest BCUT2D eigenvalue weighted by Gasteiger charge is 2.30. The van der Waals surface area contributed by atoms with E-state index in [9.17, 15) is 5.11 Å². The summed E-state index contributed by atoms with van der Waals surface area (Å²) in [5.41, 5.74) is -0.432. The van der Waals surface area contributed by atoms with Crippen LogP contribution in [0.1, 0.15) is 73.6 Å². The molecule has 0 aliphatic rings. The first-order chi connectivity index (χ1) is 7.33. The van der Waals surface area contributed by atoms with Crippen molar-refractivity contribution in [2.75, 3.05) is 0 Å². The van der Waals surface area contributed by atoms with Crippen molar-refractivity contribution in [1.29, 1.82) is 0 Å². The summed E-state index contributed by atoms with van der Waals surface area (Å²) in [5.74, 6) is 1.85. The van der Waals surface area contributed by atoms with E-state index < -0.39 is 5.60 Å². The van der Waals surface area contributed by atoms with Gasteiger partial charge in [-0.15, -0.1) is 0 Å². The second-order valence-corrected chi connectivity index (χ2v) is 6.31. The van der Waals surface area contributed by atoms with Crippen LogP contribution in [0.2, 0.25) is 0 Å². The van der Waals surface area contributed by atoms with E-state index in [1.165, 1.54) is 12.8 Å². The first-order valence-corrected chi connectivity index (χ1v) is 7.05. The maximum Gasteiger partial charge on any atom is 0.0655 e. The zero-order chi connectivity index (χ0) is 12.8. The molecule has 0 aliphatic carbocycles. The van der Waals surface area contributed by atoms with E-state index in [-0.39, 0.29) is 0 Å². The summed E-state index contributed by atoms with van der Waals surface area (Å²) in [6.45, 7) is 13.3. The average molecular weight is 228 g/mol. The molecule has 0 heterocycles. The van der Waals surface area contributed by atoms with Gasteiger partial charge in [-0.05, 0) is 37.0 Å². The zero-order valence-corrected chi connectivity index (χ0v) is 12.2. The Hall–Kier alpha value is -0.0400. The van der Waals surface area contributed by atoms with Crippen molar-refractivity contribution in [3.8, 4) is 0 Å². The fourth-order valence-corrected chi connectivity index (χ4v) is 2.88. The van der Waals surface area contributed by atoms with Crippen LogP contribution in [0.4, 0.5) is 0 Å². The molecule has 0 radical (unpaired) electrons. The van der Waals surface area contributed by atoms with Crippen molar-refractivity contribution in [3.05, 3.63) is 0 Å². The lowest BCUT2D eigenvalue weighted by atomic mass is 9.77. The second kappa shape index (κ2) is 7.32. The van der Waals surface area contributed by atoms with E-state index >= 15 is 0 Å². The second-order valence-electron chi connectivity index (χ2n) is 6.31. The summed E-state index contributed by atoms with van der Waals surface area (Å²) < 4.78 is 0. The van der Waals surface area contributed by atoms with Crippen LogP contribution in [-0.2, 0) is 0 Å². The summed E-state index contributed by atoms with van der Waals surface area (Å²) in [4.78, 5) is 0. The zero-order valence-electron chi connectivity index (χ0n) is 12.2. The van der Waals surface area contributed by atoms with Gasteiger partial charge in [-0.25, -0.2) is 0 Å². The van der Waals surface area contributed by atoms with Gasteiger partial charge in [0.25, 0.3) is 0 Å². The molecule has 0 saturated heterocycles. The highest BCUT2D eigenvalue weighted by atomic mass is 16.3. The lowest BCUT2D eigenvalue weighted by molar-refractivity contribution is -0.0219. The van der Waals surface area contributed by atoms with Gasteiger partial charge in [0, 0.05) is 0 Å². The molecule has 0 aromatic heterocycles. The number of hydrogen-bond acceptors (Lipinski definition) is 1. The summed E-state index contributed by atoms with van der Waals surface area (Å²) in [6.07, 6.45) is 5.25. The molecule has 16 heavy (non-hydrogen) atoms. The Morgan fingerprint density at radius 3 is 1.44 bits per heavy atom. The standard InChI is InChI=1S/C15H32O/c1-7-14(8-2)11-15(16,9-12(3)4)10-13(5)6/h12-14,16H,7-11H2,1-6H3. The van der Waals surface area contributed by atoms with Gasteiger partial charge >= 0.3 is 0 Å². The fourth-order valence-electron chi connectivity index (χ4n) is 2.88. The van der Waals surface area contributed by atoms with Crippen molar-refractivity contribution >= 4 is 0 Å². The third-order valence-corrected chi connectivity index (χ3v) is 3.40. The van der Waals surface area contributed by atoms with Gasteiger partial charge in [0.05, 0.1) is 5.60 Å². The van der Waals surface area contributed by atoms with Crippen molar-refractivity contribution in [1.82, 2.24) is 0 Å². The summed E-state index contributed by atoms with van der Waals surface area (Å²) in [5, 5.41) is 10.8. The molecule has 0 unspecified atom stereocenters. The molecule has 0 aromatic rings. The molecule has 0 aromatic carbocycles. The molecule has 1 heteroatoms. The SMILES string of the molecule is CCC(CC)CC(O)(CC(C)C)CC(C)C. The summed E-state index contributed by atoms with van der Waals surface area (Å²) >= 11 is 0. The van der Waals surface area contributed by atoms with Crippen LogP contribution in [0.15, 0.2) is 0 Å². The summed E-state index contributed by atoms with van der Waals surface area (Å²) in [6, 6.07) is 0. The lowest BCUT2D eigenvalue weighted by Crippen LogP contribution is -2.34. The van der Waals surface area contributed by atoms with E-state index in [1.807, 2.05) is 0 Å². The summed E-state index contributed by atoms with van der Waals surface area (Å²) in [7, 11) is 0. The number of hydrogen-bond donors (Lipinski definition) is 1. The van der Waals surface area contributed by atoms with Gasteiger partial charge in [0.15, 0.2) is 0 Å². The van der Waals surface area contributed by atoms with E-state index in [4.69, 9.17) is 0 Å². The molecule has 1 N–H and O–H groups in total. The smallest absolute Gasteiger partial charge is 0.0655 e. The molecule has 0 rings (SSSR count). The van der Waals surface area contributed by atoms with Gasteiger partial charge in [-0.1, -0.05) is 54.4 Å². The molecule has 98 valence electrons. The van der Waals surface area contributed by atoms with Gasteiger partial charge in [-0.2, -0.15) is 0 Å². The van der Waals surface area contributed by atoms with Crippen molar-refractivity contribution in [3.63, 3.8) is 0 Å². The largest absolute Gasteiger partial charge is 0.390 e. The lowest BCUT2D eigenvalue weighted by Gasteiger charge is -2.34. The van der Waals surface area contributed by atoms with Crippen molar-refractivity contribution < 1.29 is 5.11 Å². The Kier molecular flexibility index (Phi) is 7.30. The molecule has 0 saturated carbocycles. The van der Waals surface area contributed by atoms with Crippen molar-refractivity contribution in [2.24, 2.45) is 17.8 Å². The topological polar surface area (TPSA) is 20.2 Å². The van der Waals surface area contributed by atoms with Crippen LogP contribution < -0.4 is 0 Å². The van der Waals surface area contributed by atoms with E-state index in [0.717, 1.165) is 19.3 Å². The van der Waals surface area contributed by atoms with Crippen LogP contribution in [0.25, 0.3) is 0 Å². The average Bonchev–Trinajstić information content (AvgIpc) is 2.11. The van der Waals surface area contributed by atoms with Gasteiger partial charge in [0.2, 0.25) is 0 Å². The molecule has 0 bridgehead atoms. The Balaban J connectivity index is 4.50. The minimum atomic E-state index is -0.432. The Labute approximate surface area is 103 Å². The van der Waals surface area contributed by atoms with Crippen LogP contribution >= 0.6 is 0 Å². The third-order valence-electron chi connectivity index (χ3n) is 3.40. The Morgan fingerprint density at radius 1 is 0.812 bits per heavy atom. The Bertz CT molecular complexity index is 158. The predicted molar refractivity (Wildman–Crippen MR) is 72.5 cm³/mol. The molecule has 0 atom stereocenters. The maximum atomic E-state index is 10.8. The Morgan fingerprint density at radius 2 is 1.19 bits per heavy atom. The molecule has 0 fully saturated rings. The number of rotatable bonds is 8. The predicted octanol–water partition coefficient (Wildman–Crippen LogP) is 4.64. The third kappa shape index (κ3) is 6.52. The normalized spacial score (nSPS) is 13.1. The van der Waals surface area contributed by atoms with E-state index in [2.05, 4.69) is 41.5 Å². The van der Waals surface area contributed by atoms with E-state index in [1.54, 1.807) is 0 Å². The monoisotopic (exact) mass is 228 g/mol. The molecular weight excluding hydrogens is 196 g/mol. The molecule has 0 aliphatic heterocycles. The van der Waals surface area contributed by atoms with E-state index in [0.29, 0.717) is 17.8 Å².